The molecule has 3 rings (SSSR count). The molecule has 0 radical (unpaired) electrons. The molecule has 0 spiro atoms. The van der Waals surface area contributed by atoms with E-state index in [0.717, 1.165) is 17.7 Å². The number of aryl methyl sites for hydroxylation is 1. The topological polar surface area (TPSA) is 88.9 Å². The molecular formula is C20H18F3N5O2. The smallest absolute Gasteiger partial charge is 0.324 e. The van der Waals surface area contributed by atoms with Gasteiger partial charge in [-0.2, -0.15) is 13.2 Å². The summed E-state index contributed by atoms with van der Waals surface area (Å²) >= 11 is 0. The number of nitrogens with zero attached hydrogens (tertiary/aromatic N) is 3. The number of para-hydroxylation sites is 1. The van der Waals surface area contributed by atoms with E-state index >= 15 is 0 Å². The minimum atomic E-state index is -4.52. The van der Waals surface area contributed by atoms with Gasteiger partial charge in [0, 0.05) is 11.4 Å². The van der Waals surface area contributed by atoms with Crippen molar-refractivity contribution < 1.29 is 22.8 Å². The Labute approximate surface area is 169 Å². The zero-order chi connectivity index (χ0) is 21.9. The molecule has 0 aliphatic carbocycles. The van der Waals surface area contributed by atoms with Crippen molar-refractivity contribution in [2.24, 2.45) is 0 Å². The number of carbonyl (C=O) groups is 2. The fourth-order valence-electron chi connectivity index (χ4n) is 2.72. The first-order chi connectivity index (χ1) is 14.1. The zero-order valence-electron chi connectivity index (χ0n) is 16.1. The highest BCUT2D eigenvalue weighted by Gasteiger charge is 2.30. The SMILES string of the molecule is Cc1ccccc1NC(=O)Cn1nnc(C(=O)Nc2cccc(C(F)(F)F)c2)c1C. The molecule has 7 nitrogen and oxygen atoms in total. The van der Waals surface area contributed by atoms with Crippen LogP contribution in [0.5, 0.6) is 0 Å². The van der Waals surface area contributed by atoms with Crippen LogP contribution in [-0.2, 0) is 17.5 Å². The van der Waals surface area contributed by atoms with Crippen LogP contribution >= 0.6 is 0 Å². The largest absolute Gasteiger partial charge is 0.416 e. The average molecular weight is 417 g/mol. The summed E-state index contributed by atoms with van der Waals surface area (Å²) in [7, 11) is 0. The molecule has 0 aliphatic rings. The summed E-state index contributed by atoms with van der Waals surface area (Å²) in [4.78, 5) is 24.7. The van der Waals surface area contributed by atoms with Crippen molar-refractivity contribution in [1.29, 1.82) is 0 Å². The molecule has 10 heteroatoms. The van der Waals surface area contributed by atoms with Crippen LogP contribution in [0.2, 0.25) is 0 Å². The Morgan fingerprint density at radius 3 is 2.47 bits per heavy atom. The zero-order valence-corrected chi connectivity index (χ0v) is 16.1. The van der Waals surface area contributed by atoms with E-state index in [-0.39, 0.29) is 23.8 Å². The molecule has 0 bridgehead atoms. The second-order valence-corrected chi connectivity index (χ2v) is 6.58. The Kier molecular flexibility index (Phi) is 5.86. The second kappa shape index (κ2) is 8.36. The molecule has 2 amide bonds. The summed E-state index contributed by atoms with van der Waals surface area (Å²) in [6.45, 7) is 3.22. The van der Waals surface area contributed by atoms with Crippen molar-refractivity contribution in [2.75, 3.05) is 10.6 Å². The van der Waals surface area contributed by atoms with E-state index in [9.17, 15) is 22.8 Å². The van der Waals surface area contributed by atoms with Crippen molar-refractivity contribution in [3.05, 3.63) is 71.0 Å². The van der Waals surface area contributed by atoms with Crippen molar-refractivity contribution in [3.63, 3.8) is 0 Å². The van der Waals surface area contributed by atoms with E-state index in [1.54, 1.807) is 19.1 Å². The van der Waals surface area contributed by atoms with Gasteiger partial charge in [-0.25, -0.2) is 4.68 Å². The molecule has 0 aliphatic heterocycles. The number of hydrogen-bond acceptors (Lipinski definition) is 4. The number of rotatable bonds is 5. The van der Waals surface area contributed by atoms with Gasteiger partial charge in [-0.15, -0.1) is 5.10 Å². The van der Waals surface area contributed by atoms with Crippen molar-refractivity contribution >= 4 is 23.2 Å². The number of halogens is 3. The van der Waals surface area contributed by atoms with Crippen LogP contribution in [0.1, 0.15) is 27.3 Å². The minimum absolute atomic E-state index is 0.0268. The second-order valence-electron chi connectivity index (χ2n) is 6.58. The van der Waals surface area contributed by atoms with Crippen LogP contribution in [0.25, 0.3) is 0 Å². The first-order valence-corrected chi connectivity index (χ1v) is 8.89. The molecule has 0 atom stereocenters. The van der Waals surface area contributed by atoms with Gasteiger partial charge < -0.3 is 10.6 Å². The molecule has 0 saturated carbocycles. The predicted octanol–water partition coefficient (Wildman–Crippen LogP) is 3.80. The van der Waals surface area contributed by atoms with Crippen LogP contribution in [0.15, 0.2) is 48.5 Å². The fourth-order valence-corrected chi connectivity index (χ4v) is 2.72. The van der Waals surface area contributed by atoms with Gasteiger partial charge >= 0.3 is 6.18 Å². The van der Waals surface area contributed by atoms with Gasteiger partial charge in [-0.05, 0) is 43.7 Å². The summed E-state index contributed by atoms with van der Waals surface area (Å²) in [5.41, 5.74) is 0.857. The number of amides is 2. The highest BCUT2D eigenvalue weighted by Crippen LogP contribution is 2.30. The Balaban J connectivity index is 1.69. The number of benzene rings is 2. The quantitative estimate of drug-likeness (QED) is 0.661. The van der Waals surface area contributed by atoms with Gasteiger partial charge in [-0.3, -0.25) is 9.59 Å². The van der Waals surface area contributed by atoms with Crippen molar-refractivity contribution in [1.82, 2.24) is 15.0 Å². The maximum absolute atomic E-state index is 12.8. The van der Waals surface area contributed by atoms with Gasteiger partial charge in [-0.1, -0.05) is 29.5 Å². The lowest BCUT2D eigenvalue weighted by Crippen LogP contribution is -2.21. The van der Waals surface area contributed by atoms with Crippen LogP contribution < -0.4 is 10.6 Å². The van der Waals surface area contributed by atoms with Crippen LogP contribution in [0, 0.1) is 13.8 Å². The van der Waals surface area contributed by atoms with Crippen LogP contribution in [-0.4, -0.2) is 26.8 Å². The molecule has 0 fully saturated rings. The van der Waals surface area contributed by atoms with Gasteiger partial charge in [0.15, 0.2) is 5.69 Å². The number of carbonyl (C=O) groups excluding carboxylic acids is 2. The highest BCUT2D eigenvalue weighted by atomic mass is 19.4. The highest BCUT2D eigenvalue weighted by molar-refractivity contribution is 6.03. The molecule has 0 saturated heterocycles. The van der Waals surface area contributed by atoms with Gasteiger partial charge in [0.1, 0.15) is 6.54 Å². The van der Waals surface area contributed by atoms with E-state index in [2.05, 4.69) is 20.9 Å². The van der Waals surface area contributed by atoms with Gasteiger partial charge in [0.05, 0.1) is 11.3 Å². The maximum atomic E-state index is 12.8. The third kappa shape index (κ3) is 4.83. The van der Waals surface area contributed by atoms with Crippen molar-refractivity contribution in [3.8, 4) is 0 Å². The lowest BCUT2D eigenvalue weighted by atomic mass is 10.2. The third-order valence-electron chi connectivity index (χ3n) is 4.36. The number of nitrogens with one attached hydrogen (secondary N) is 2. The van der Waals surface area contributed by atoms with E-state index in [1.165, 1.54) is 16.8 Å². The van der Waals surface area contributed by atoms with E-state index in [0.29, 0.717) is 11.4 Å². The molecule has 156 valence electrons. The molecule has 0 unspecified atom stereocenters. The number of anilines is 2. The van der Waals surface area contributed by atoms with Crippen LogP contribution in [0.4, 0.5) is 24.5 Å². The monoisotopic (exact) mass is 417 g/mol. The van der Waals surface area contributed by atoms with E-state index < -0.39 is 17.6 Å². The molecule has 2 aromatic carbocycles. The first kappa shape index (κ1) is 21.0. The van der Waals surface area contributed by atoms with Crippen LogP contribution in [0.3, 0.4) is 0 Å². The first-order valence-electron chi connectivity index (χ1n) is 8.89. The Morgan fingerprint density at radius 1 is 1.03 bits per heavy atom. The van der Waals surface area contributed by atoms with Gasteiger partial charge in [0.2, 0.25) is 5.91 Å². The summed E-state index contributed by atoms with van der Waals surface area (Å²) < 4.78 is 39.7. The number of hydrogen-bond donors (Lipinski definition) is 2. The number of aromatic nitrogens is 3. The Hall–Kier alpha value is -3.69. The maximum Gasteiger partial charge on any atom is 0.416 e. The molecule has 3 aromatic rings. The molecule has 30 heavy (non-hydrogen) atoms. The normalized spacial score (nSPS) is 11.2. The van der Waals surface area contributed by atoms with E-state index in [4.69, 9.17) is 0 Å². The van der Waals surface area contributed by atoms with Gasteiger partial charge in [0.25, 0.3) is 5.91 Å². The average Bonchev–Trinajstić information content (AvgIpc) is 3.03. The summed E-state index contributed by atoms with van der Waals surface area (Å²) in [5.74, 6) is -1.08. The standard InChI is InChI=1S/C20H18F3N5O2/c1-12-6-3-4-9-16(12)25-17(29)11-28-13(2)18(26-27-28)19(30)24-15-8-5-7-14(10-15)20(21,22)23/h3-10H,11H2,1-2H3,(H,24,30)(H,25,29). The number of alkyl halides is 3. The van der Waals surface area contributed by atoms with E-state index in [1.807, 2.05) is 19.1 Å². The summed E-state index contributed by atoms with van der Waals surface area (Å²) in [6.07, 6.45) is -4.52. The lowest BCUT2D eigenvalue weighted by molar-refractivity contribution is -0.137. The van der Waals surface area contributed by atoms with Crippen molar-refractivity contribution in [2.45, 2.75) is 26.6 Å². The molecule has 1 heterocycles. The predicted molar refractivity (Wildman–Crippen MR) is 104 cm³/mol. The third-order valence-corrected chi connectivity index (χ3v) is 4.36. The molecule has 2 N–H and O–H groups in total. The fraction of sp³-hybridized carbons (Fsp3) is 0.200. The summed E-state index contributed by atoms with van der Waals surface area (Å²) in [5, 5.41) is 12.7. The summed E-state index contributed by atoms with van der Waals surface area (Å²) in [6, 6.07) is 11.5. The Bertz CT molecular complexity index is 1090. The lowest BCUT2D eigenvalue weighted by Gasteiger charge is -2.10. The molecule has 1 aromatic heterocycles. The Morgan fingerprint density at radius 2 is 1.77 bits per heavy atom. The molecular weight excluding hydrogens is 399 g/mol. The minimum Gasteiger partial charge on any atom is -0.324 e.